The van der Waals surface area contributed by atoms with Crippen molar-refractivity contribution in [1.29, 1.82) is 0 Å². The lowest BCUT2D eigenvalue weighted by atomic mass is 10.2. The summed E-state index contributed by atoms with van der Waals surface area (Å²) in [6.07, 6.45) is 8.78. The fourth-order valence-electron chi connectivity index (χ4n) is 3.72. The number of nitrogens with zero attached hydrogens (tertiary/aromatic N) is 1. The smallest absolute Gasteiger partial charge is 0.191 e. The van der Waals surface area contributed by atoms with Gasteiger partial charge in [0.2, 0.25) is 0 Å². The molecule has 7 heteroatoms. The van der Waals surface area contributed by atoms with E-state index in [2.05, 4.69) is 33.8 Å². The van der Waals surface area contributed by atoms with E-state index < -0.39 is 0 Å². The number of hydrogen-bond acceptors (Lipinski definition) is 4. The largest absolute Gasteiger partial charge is 0.490 e. The molecule has 2 aliphatic rings. The summed E-state index contributed by atoms with van der Waals surface area (Å²) in [4.78, 5) is 4.31. The van der Waals surface area contributed by atoms with Crippen molar-refractivity contribution < 1.29 is 14.2 Å². The number of ether oxygens (including phenoxy) is 3. The zero-order valence-electron chi connectivity index (χ0n) is 17.5. The van der Waals surface area contributed by atoms with Gasteiger partial charge in [0.05, 0.1) is 18.8 Å². The molecular formula is C22H36IN3O3. The van der Waals surface area contributed by atoms with Gasteiger partial charge in [-0.05, 0) is 51.0 Å². The maximum Gasteiger partial charge on any atom is 0.191 e. The Bertz CT molecular complexity index is 603. The first-order valence-corrected chi connectivity index (χ1v) is 10.7. The van der Waals surface area contributed by atoms with Gasteiger partial charge in [-0.2, -0.15) is 0 Å². The SMILES string of the molecule is CN=C(NCCCOCC1CCCO1)NCc1ccccc1OC1CCCC1.I. The Hall–Kier alpha value is -1.06. The van der Waals surface area contributed by atoms with Crippen LogP contribution in [0, 0.1) is 0 Å². The quantitative estimate of drug-likeness (QED) is 0.214. The molecule has 2 fully saturated rings. The third-order valence-corrected chi connectivity index (χ3v) is 5.32. The highest BCUT2D eigenvalue weighted by molar-refractivity contribution is 14.0. The first-order chi connectivity index (χ1) is 13.8. The molecule has 1 saturated heterocycles. The minimum Gasteiger partial charge on any atom is -0.490 e. The minimum atomic E-state index is 0. The van der Waals surface area contributed by atoms with Gasteiger partial charge in [-0.25, -0.2) is 0 Å². The molecule has 164 valence electrons. The molecule has 3 rings (SSSR count). The van der Waals surface area contributed by atoms with Crippen LogP contribution in [0.3, 0.4) is 0 Å². The van der Waals surface area contributed by atoms with E-state index in [0.29, 0.717) is 25.4 Å². The molecule has 1 saturated carbocycles. The van der Waals surface area contributed by atoms with Crippen LogP contribution >= 0.6 is 24.0 Å². The second kappa shape index (κ2) is 14.0. The average Bonchev–Trinajstić information content (AvgIpc) is 3.42. The van der Waals surface area contributed by atoms with Crippen LogP contribution in [0.25, 0.3) is 0 Å². The maximum absolute atomic E-state index is 6.21. The number of rotatable bonds is 10. The Kier molecular flexibility index (Phi) is 11.7. The van der Waals surface area contributed by atoms with Crippen molar-refractivity contribution in [3.63, 3.8) is 0 Å². The van der Waals surface area contributed by atoms with Crippen LogP contribution in [0.15, 0.2) is 29.3 Å². The van der Waals surface area contributed by atoms with Gasteiger partial charge in [0.15, 0.2) is 5.96 Å². The summed E-state index contributed by atoms with van der Waals surface area (Å²) in [5.74, 6) is 1.79. The Balaban J connectivity index is 0.00000300. The molecule has 0 spiro atoms. The Morgan fingerprint density at radius 3 is 2.72 bits per heavy atom. The molecule has 1 aromatic carbocycles. The number of benzene rings is 1. The van der Waals surface area contributed by atoms with Crippen molar-refractivity contribution in [2.75, 3.05) is 33.4 Å². The van der Waals surface area contributed by atoms with E-state index in [1.54, 1.807) is 7.05 Å². The van der Waals surface area contributed by atoms with E-state index in [4.69, 9.17) is 14.2 Å². The van der Waals surface area contributed by atoms with Gasteiger partial charge >= 0.3 is 0 Å². The van der Waals surface area contributed by atoms with Crippen molar-refractivity contribution >= 4 is 29.9 Å². The molecule has 1 atom stereocenters. The van der Waals surface area contributed by atoms with E-state index in [9.17, 15) is 0 Å². The lowest BCUT2D eigenvalue weighted by molar-refractivity contribution is 0.0168. The van der Waals surface area contributed by atoms with Crippen LogP contribution in [-0.2, 0) is 16.0 Å². The van der Waals surface area contributed by atoms with Crippen LogP contribution in [0.1, 0.15) is 50.5 Å². The number of nitrogens with one attached hydrogen (secondary N) is 2. The monoisotopic (exact) mass is 517 g/mol. The predicted octanol–water partition coefficient (Wildman–Crippen LogP) is 3.88. The summed E-state index contributed by atoms with van der Waals surface area (Å²) in [5.41, 5.74) is 1.16. The molecule has 1 aliphatic carbocycles. The number of guanidine groups is 1. The lowest BCUT2D eigenvalue weighted by Gasteiger charge is -2.18. The standard InChI is InChI=1S/C22H35N3O3.HI/c1-23-22(24-13-7-14-26-17-20-11-6-15-27-20)25-16-18-8-2-5-12-21(18)28-19-9-3-4-10-19;/h2,5,8,12,19-20H,3-4,6-7,9-11,13-17H2,1H3,(H2,23,24,25);1H. The van der Waals surface area contributed by atoms with E-state index in [1.807, 2.05) is 6.07 Å². The van der Waals surface area contributed by atoms with Crippen molar-refractivity contribution in [3.05, 3.63) is 29.8 Å². The van der Waals surface area contributed by atoms with Crippen molar-refractivity contribution in [3.8, 4) is 5.75 Å². The van der Waals surface area contributed by atoms with Gasteiger partial charge in [-0.15, -0.1) is 24.0 Å². The van der Waals surface area contributed by atoms with Gasteiger partial charge in [0, 0.05) is 38.9 Å². The highest BCUT2D eigenvalue weighted by atomic mass is 127. The number of halogens is 1. The highest BCUT2D eigenvalue weighted by Gasteiger charge is 2.18. The normalized spacial score (nSPS) is 19.8. The molecule has 2 N–H and O–H groups in total. The summed E-state index contributed by atoms with van der Waals surface area (Å²) in [7, 11) is 1.80. The van der Waals surface area contributed by atoms with Gasteiger partial charge < -0.3 is 24.8 Å². The van der Waals surface area contributed by atoms with Crippen LogP contribution in [0.5, 0.6) is 5.75 Å². The fourth-order valence-corrected chi connectivity index (χ4v) is 3.72. The molecule has 1 heterocycles. The summed E-state index contributed by atoms with van der Waals surface area (Å²) in [6, 6.07) is 8.28. The van der Waals surface area contributed by atoms with Gasteiger partial charge in [-0.1, -0.05) is 18.2 Å². The molecule has 0 amide bonds. The zero-order valence-corrected chi connectivity index (χ0v) is 19.9. The minimum absolute atomic E-state index is 0. The van der Waals surface area contributed by atoms with Gasteiger partial charge in [0.25, 0.3) is 0 Å². The number of hydrogen-bond donors (Lipinski definition) is 2. The summed E-state index contributed by atoms with van der Waals surface area (Å²) < 4.78 is 17.5. The van der Waals surface area contributed by atoms with Gasteiger partial charge in [0.1, 0.15) is 5.75 Å². The van der Waals surface area contributed by atoms with Crippen molar-refractivity contribution in [1.82, 2.24) is 10.6 Å². The lowest BCUT2D eigenvalue weighted by Crippen LogP contribution is -2.37. The maximum atomic E-state index is 6.21. The summed E-state index contributed by atoms with van der Waals surface area (Å²) in [6.45, 7) is 3.85. The zero-order chi connectivity index (χ0) is 19.4. The molecule has 0 aromatic heterocycles. The second-order valence-electron chi connectivity index (χ2n) is 7.55. The van der Waals surface area contributed by atoms with Crippen molar-refractivity contribution in [2.45, 2.75) is 63.7 Å². The van der Waals surface area contributed by atoms with Crippen LogP contribution < -0.4 is 15.4 Å². The third kappa shape index (κ3) is 8.68. The number of para-hydroxylation sites is 1. The molecule has 29 heavy (non-hydrogen) atoms. The summed E-state index contributed by atoms with van der Waals surface area (Å²) >= 11 is 0. The fraction of sp³-hybridized carbons (Fsp3) is 0.682. The van der Waals surface area contributed by atoms with Gasteiger partial charge in [-0.3, -0.25) is 4.99 Å². The molecule has 1 unspecified atom stereocenters. The van der Waals surface area contributed by atoms with E-state index >= 15 is 0 Å². The first-order valence-electron chi connectivity index (χ1n) is 10.7. The molecule has 1 aliphatic heterocycles. The third-order valence-electron chi connectivity index (χ3n) is 5.32. The topological polar surface area (TPSA) is 64.1 Å². The number of aliphatic imine (C=N–C) groups is 1. The highest BCUT2D eigenvalue weighted by Crippen LogP contribution is 2.26. The molecular weight excluding hydrogens is 481 g/mol. The van der Waals surface area contributed by atoms with Crippen molar-refractivity contribution in [2.24, 2.45) is 4.99 Å². The molecule has 0 bridgehead atoms. The first kappa shape index (κ1) is 24.2. The Morgan fingerprint density at radius 2 is 1.97 bits per heavy atom. The molecule has 6 nitrogen and oxygen atoms in total. The average molecular weight is 517 g/mol. The van der Waals surface area contributed by atoms with E-state index in [-0.39, 0.29) is 24.0 Å². The van der Waals surface area contributed by atoms with E-state index in [0.717, 1.165) is 56.3 Å². The molecule has 1 aromatic rings. The Morgan fingerprint density at radius 1 is 1.14 bits per heavy atom. The van der Waals surface area contributed by atoms with E-state index in [1.165, 1.54) is 25.7 Å². The predicted molar refractivity (Wildman–Crippen MR) is 127 cm³/mol. The second-order valence-corrected chi connectivity index (χ2v) is 7.55. The molecule has 0 radical (unpaired) electrons. The Labute approximate surface area is 192 Å². The van der Waals surface area contributed by atoms with Crippen LogP contribution in [0.2, 0.25) is 0 Å². The van der Waals surface area contributed by atoms with Crippen LogP contribution in [0.4, 0.5) is 0 Å². The van der Waals surface area contributed by atoms with Crippen LogP contribution in [-0.4, -0.2) is 51.6 Å². The summed E-state index contributed by atoms with van der Waals surface area (Å²) in [5, 5.41) is 6.73.